The Labute approximate surface area is 71.1 Å². The highest BCUT2D eigenvalue weighted by Gasteiger charge is 2.10. The van der Waals surface area contributed by atoms with Crippen LogP contribution in [0.5, 0.6) is 0 Å². The van der Waals surface area contributed by atoms with Gasteiger partial charge in [-0.2, -0.15) is 0 Å². The maximum Gasteiger partial charge on any atom is 0.147 e. The van der Waals surface area contributed by atoms with E-state index in [2.05, 4.69) is 4.98 Å². The van der Waals surface area contributed by atoms with Gasteiger partial charge in [-0.15, -0.1) is 0 Å². The Morgan fingerprint density at radius 2 is 2.42 bits per heavy atom. The van der Waals surface area contributed by atoms with E-state index in [0.717, 1.165) is 12.6 Å². The Morgan fingerprint density at radius 3 is 3.00 bits per heavy atom. The highest BCUT2D eigenvalue weighted by atomic mass is 19.1. The molecule has 3 heteroatoms. The van der Waals surface area contributed by atoms with E-state index in [9.17, 15) is 9.50 Å². The Hall–Kier alpha value is -0.960. The van der Waals surface area contributed by atoms with Crippen LogP contribution in [0.2, 0.25) is 0 Å². The van der Waals surface area contributed by atoms with Gasteiger partial charge in [0.05, 0.1) is 12.3 Å². The molecule has 0 aliphatic rings. The van der Waals surface area contributed by atoms with Crippen molar-refractivity contribution < 1.29 is 9.50 Å². The fourth-order valence-corrected chi connectivity index (χ4v) is 1.09. The number of hydrogen-bond donors (Lipinski definition) is 1. The van der Waals surface area contributed by atoms with E-state index in [1.54, 1.807) is 0 Å². The van der Waals surface area contributed by atoms with Crippen LogP contribution >= 0.6 is 0 Å². The van der Waals surface area contributed by atoms with Gasteiger partial charge in [-0.1, -0.05) is 13.3 Å². The molecule has 0 amide bonds. The Kier molecular flexibility index (Phi) is 3.17. The van der Waals surface area contributed by atoms with Crippen LogP contribution in [-0.4, -0.2) is 10.1 Å². The van der Waals surface area contributed by atoms with Gasteiger partial charge < -0.3 is 5.11 Å². The molecule has 0 fully saturated rings. The van der Waals surface area contributed by atoms with E-state index >= 15 is 0 Å². The summed E-state index contributed by atoms with van der Waals surface area (Å²) in [4.78, 5) is 3.60. The zero-order chi connectivity index (χ0) is 8.97. The number of aromatic nitrogens is 1. The van der Waals surface area contributed by atoms with Crippen molar-refractivity contribution in [2.75, 3.05) is 0 Å². The van der Waals surface area contributed by atoms with E-state index < -0.39 is 11.9 Å². The van der Waals surface area contributed by atoms with Gasteiger partial charge >= 0.3 is 0 Å². The number of halogens is 1. The molecule has 1 aromatic heterocycles. The van der Waals surface area contributed by atoms with E-state index in [0.29, 0.717) is 12.0 Å². The summed E-state index contributed by atoms with van der Waals surface area (Å²) in [5.74, 6) is -0.432. The van der Waals surface area contributed by atoms with Crippen molar-refractivity contribution >= 4 is 0 Å². The predicted molar refractivity (Wildman–Crippen MR) is 44.1 cm³/mol. The third-order valence-electron chi connectivity index (χ3n) is 1.72. The lowest BCUT2D eigenvalue weighted by Gasteiger charge is -2.09. The van der Waals surface area contributed by atoms with Gasteiger partial charge in [0, 0.05) is 11.8 Å². The lowest BCUT2D eigenvalue weighted by molar-refractivity contribution is 0.161. The average molecular weight is 169 g/mol. The Balaban J connectivity index is 2.79. The highest BCUT2D eigenvalue weighted by Crippen LogP contribution is 2.19. The molecule has 0 aromatic carbocycles. The van der Waals surface area contributed by atoms with E-state index in [1.807, 2.05) is 6.92 Å². The molecule has 0 aliphatic heterocycles. The van der Waals surface area contributed by atoms with Gasteiger partial charge in [-0.3, -0.25) is 4.98 Å². The first-order valence-electron chi connectivity index (χ1n) is 4.03. The second-order valence-electron chi connectivity index (χ2n) is 2.70. The van der Waals surface area contributed by atoms with Crippen molar-refractivity contribution in [3.8, 4) is 0 Å². The van der Waals surface area contributed by atoms with Crippen LogP contribution in [0.3, 0.4) is 0 Å². The zero-order valence-electron chi connectivity index (χ0n) is 7.00. The normalized spacial score (nSPS) is 12.9. The maximum absolute atomic E-state index is 12.9. The van der Waals surface area contributed by atoms with E-state index in [-0.39, 0.29) is 0 Å². The number of hydrogen-bond acceptors (Lipinski definition) is 2. The second kappa shape index (κ2) is 4.16. The Morgan fingerprint density at radius 1 is 1.67 bits per heavy atom. The number of pyridine rings is 1. The molecule has 66 valence electrons. The smallest absolute Gasteiger partial charge is 0.147 e. The largest absolute Gasteiger partial charge is 0.388 e. The molecule has 0 saturated heterocycles. The lowest BCUT2D eigenvalue weighted by Crippen LogP contribution is -2.00. The molecular weight excluding hydrogens is 157 g/mol. The zero-order valence-corrected chi connectivity index (χ0v) is 7.00. The third kappa shape index (κ3) is 2.01. The van der Waals surface area contributed by atoms with Gasteiger partial charge in [-0.25, -0.2) is 4.39 Å². The molecular formula is C9H12FNO. The van der Waals surface area contributed by atoms with Crippen LogP contribution in [0, 0.1) is 5.82 Å². The van der Waals surface area contributed by atoms with Crippen molar-refractivity contribution in [3.63, 3.8) is 0 Å². The van der Waals surface area contributed by atoms with Gasteiger partial charge in [0.25, 0.3) is 0 Å². The first-order valence-corrected chi connectivity index (χ1v) is 4.03. The van der Waals surface area contributed by atoms with Crippen molar-refractivity contribution in [2.45, 2.75) is 25.9 Å². The summed E-state index contributed by atoms with van der Waals surface area (Å²) in [5.41, 5.74) is 0.340. The average Bonchev–Trinajstić information content (AvgIpc) is 2.05. The second-order valence-corrected chi connectivity index (χ2v) is 2.70. The maximum atomic E-state index is 12.9. The molecule has 0 bridgehead atoms. The lowest BCUT2D eigenvalue weighted by atomic mass is 10.1. The van der Waals surface area contributed by atoms with Gasteiger partial charge in [0.2, 0.25) is 0 Å². The fourth-order valence-electron chi connectivity index (χ4n) is 1.09. The highest BCUT2D eigenvalue weighted by molar-refractivity contribution is 5.15. The van der Waals surface area contributed by atoms with Crippen molar-refractivity contribution in [2.24, 2.45) is 0 Å². The summed E-state index contributed by atoms with van der Waals surface area (Å²) in [6, 6.07) is 1.51. The monoisotopic (exact) mass is 169 g/mol. The minimum atomic E-state index is -0.696. The van der Waals surface area contributed by atoms with Crippen LogP contribution in [-0.2, 0) is 0 Å². The van der Waals surface area contributed by atoms with Crippen LogP contribution in [0.15, 0.2) is 18.5 Å². The first kappa shape index (κ1) is 9.13. The van der Waals surface area contributed by atoms with Crippen molar-refractivity contribution in [1.29, 1.82) is 0 Å². The summed E-state index contributed by atoms with van der Waals surface area (Å²) >= 11 is 0. The van der Waals surface area contributed by atoms with Crippen LogP contribution in [0.1, 0.15) is 31.4 Å². The summed E-state index contributed by atoms with van der Waals surface area (Å²) in [7, 11) is 0. The molecule has 1 rings (SSSR count). The molecule has 1 N–H and O–H groups in total. The first-order chi connectivity index (χ1) is 5.75. The standard InChI is InChI=1S/C9H12FNO/c1-2-3-9(12)7-4-5-11-6-8(7)10/h4-6,9,12H,2-3H2,1H3. The predicted octanol–water partition coefficient (Wildman–Crippen LogP) is 2.05. The van der Waals surface area contributed by atoms with Crippen LogP contribution in [0.25, 0.3) is 0 Å². The summed E-state index contributed by atoms with van der Waals surface area (Å²) < 4.78 is 12.9. The molecule has 0 aliphatic carbocycles. The van der Waals surface area contributed by atoms with Gasteiger partial charge in [0.1, 0.15) is 5.82 Å². The minimum absolute atomic E-state index is 0.340. The molecule has 1 atom stereocenters. The number of aliphatic hydroxyl groups excluding tert-OH is 1. The topological polar surface area (TPSA) is 33.1 Å². The SMILES string of the molecule is CCCC(O)c1ccncc1F. The molecule has 0 saturated carbocycles. The Bertz CT molecular complexity index is 252. The van der Waals surface area contributed by atoms with Crippen molar-refractivity contribution in [3.05, 3.63) is 29.8 Å². The number of nitrogens with zero attached hydrogens (tertiary/aromatic N) is 1. The number of rotatable bonds is 3. The molecule has 0 radical (unpaired) electrons. The molecule has 1 unspecified atom stereocenters. The molecule has 1 heterocycles. The van der Waals surface area contributed by atoms with E-state index in [1.165, 1.54) is 12.3 Å². The van der Waals surface area contributed by atoms with Gasteiger partial charge in [0.15, 0.2) is 0 Å². The summed E-state index contributed by atoms with van der Waals surface area (Å²) in [6.45, 7) is 1.95. The quantitative estimate of drug-likeness (QED) is 0.751. The van der Waals surface area contributed by atoms with Crippen molar-refractivity contribution in [1.82, 2.24) is 4.98 Å². The van der Waals surface area contributed by atoms with Crippen LogP contribution in [0.4, 0.5) is 4.39 Å². The van der Waals surface area contributed by atoms with Crippen LogP contribution < -0.4 is 0 Å². The molecule has 1 aromatic rings. The van der Waals surface area contributed by atoms with E-state index in [4.69, 9.17) is 0 Å². The summed E-state index contributed by atoms with van der Waals surface area (Å²) in [5, 5.41) is 9.43. The molecule has 2 nitrogen and oxygen atoms in total. The minimum Gasteiger partial charge on any atom is -0.388 e. The number of aliphatic hydroxyl groups is 1. The molecule has 12 heavy (non-hydrogen) atoms. The third-order valence-corrected chi connectivity index (χ3v) is 1.72. The summed E-state index contributed by atoms with van der Waals surface area (Å²) in [6.07, 6.45) is 3.33. The van der Waals surface area contributed by atoms with Gasteiger partial charge in [-0.05, 0) is 12.5 Å². The fraction of sp³-hybridized carbons (Fsp3) is 0.444. The molecule has 0 spiro atoms.